The topological polar surface area (TPSA) is 46.5 Å². The van der Waals surface area contributed by atoms with Gasteiger partial charge in [0.25, 0.3) is 0 Å². The van der Waals surface area contributed by atoms with Crippen LogP contribution >= 0.6 is 11.3 Å². The number of carbonyl (C=O) groups is 1. The number of hydrogen-bond donors (Lipinski definition) is 1. The van der Waals surface area contributed by atoms with Crippen molar-refractivity contribution in [3.8, 4) is 5.75 Å². The third kappa shape index (κ3) is 2.96. The van der Waals surface area contributed by atoms with Gasteiger partial charge in [-0.05, 0) is 18.6 Å². The molecule has 0 unspecified atom stereocenters. The lowest BCUT2D eigenvalue weighted by molar-refractivity contribution is 0.0697. The van der Waals surface area contributed by atoms with Crippen LogP contribution in [0.5, 0.6) is 5.75 Å². The summed E-state index contributed by atoms with van der Waals surface area (Å²) in [6, 6.07) is 5.40. The van der Waals surface area contributed by atoms with Gasteiger partial charge in [-0.25, -0.2) is 13.6 Å². The highest BCUT2D eigenvalue weighted by molar-refractivity contribution is 7.14. The van der Waals surface area contributed by atoms with Gasteiger partial charge in [-0.2, -0.15) is 0 Å². The third-order valence-electron chi connectivity index (χ3n) is 2.71. The summed E-state index contributed by atoms with van der Waals surface area (Å²) in [6.07, 6.45) is 0.683. The Labute approximate surface area is 118 Å². The van der Waals surface area contributed by atoms with Crippen LogP contribution < -0.4 is 4.74 Å². The van der Waals surface area contributed by atoms with Gasteiger partial charge in [0.05, 0.1) is 0 Å². The molecule has 6 heteroatoms. The van der Waals surface area contributed by atoms with Gasteiger partial charge in [0.15, 0.2) is 16.5 Å². The Kier molecular flexibility index (Phi) is 4.34. The number of thiophene rings is 1. The molecule has 0 saturated heterocycles. The fourth-order valence-corrected chi connectivity index (χ4v) is 2.55. The van der Waals surface area contributed by atoms with Gasteiger partial charge in [0.2, 0.25) is 0 Å². The van der Waals surface area contributed by atoms with Crippen LogP contribution in [0.2, 0.25) is 0 Å². The molecule has 3 nitrogen and oxygen atoms in total. The molecule has 0 bridgehead atoms. The van der Waals surface area contributed by atoms with E-state index in [1.807, 2.05) is 6.92 Å². The predicted molar refractivity (Wildman–Crippen MR) is 71.3 cm³/mol. The molecule has 0 aliphatic rings. The van der Waals surface area contributed by atoms with Crippen molar-refractivity contribution >= 4 is 17.3 Å². The van der Waals surface area contributed by atoms with Crippen molar-refractivity contribution in [3.63, 3.8) is 0 Å². The van der Waals surface area contributed by atoms with Gasteiger partial charge in [-0.3, -0.25) is 0 Å². The Morgan fingerprint density at radius 1 is 1.40 bits per heavy atom. The molecule has 0 aliphatic carbocycles. The SMILES string of the molecule is CCc1cc(OCc2cccc(F)c2F)c(C(=O)O)s1. The number of aryl methyl sites for hydroxylation is 1. The van der Waals surface area contributed by atoms with Gasteiger partial charge < -0.3 is 9.84 Å². The molecule has 1 aromatic carbocycles. The van der Waals surface area contributed by atoms with Crippen LogP contribution in [-0.4, -0.2) is 11.1 Å². The molecule has 0 atom stereocenters. The second kappa shape index (κ2) is 6.00. The lowest BCUT2D eigenvalue weighted by Crippen LogP contribution is -2.02. The van der Waals surface area contributed by atoms with E-state index in [1.54, 1.807) is 6.07 Å². The summed E-state index contributed by atoms with van der Waals surface area (Å²) >= 11 is 1.12. The fourth-order valence-electron chi connectivity index (χ4n) is 1.67. The second-order valence-corrected chi connectivity index (χ2v) is 5.20. The first kappa shape index (κ1) is 14.5. The van der Waals surface area contributed by atoms with Crippen molar-refractivity contribution < 1.29 is 23.4 Å². The highest BCUT2D eigenvalue weighted by atomic mass is 32.1. The largest absolute Gasteiger partial charge is 0.487 e. The molecule has 0 radical (unpaired) electrons. The number of aromatic carboxylic acids is 1. The van der Waals surface area contributed by atoms with Crippen LogP contribution in [0.15, 0.2) is 24.3 Å². The molecule has 0 saturated carbocycles. The van der Waals surface area contributed by atoms with E-state index in [9.17, 15) is 13.6 Å². The van der Waals surface area contributed by atoms with Crippen LogP contribution in [0.3, 0.4) is 0 Å². The molecule has 20 heavy (non-hydrogen) atoms. The zero-order chi connectivity index (χ0) is 14.7. The van der Waals surface area contributed by atoms with Crippen molar-refractivity contribution in [2.24, 2.45) is 0 Å². The molecular weight excluding hydrogens is 286 g/mol. The second-order valence-electron chi connectivity index (χ2n) is 4.07. The lowest BCUT2D eigenvalue weighted by atomic mass is 10.2. The molecule has 2 rings (SSSR count). The summed E-state index contributed by atoms with van der Waals surface area (Å²) in [4.78, 5) is 12.0. The van der Waals surface area contributed by atoms with E-state index in [-0.39, 0.29) is 22.8 Å². The highest BCUT2D eigenvalue weighted by Crippen LogP contribution is 2.30. The van der Waals surface area contributed by atoms with Crippen molar-refractivity contribution in [2.45, 2.75) is 20.0 Å². The molecule has 0 fully saturated rings. The molecule has 1 aromatic heterocycles. The number of carboxylic acid groups (broad SMARTS) is 1. The van der Waals surface area contributed by atoms with Gasteiger partial charge in [0.1, 0.15) is 12.4 Å². The molecule has 1 heterocycles. The molecule has 106 valence electrons. The van der Waals surface area contributed by atoms with Crippen molar-refractivity contribution in [1.82, 2.24) is 0 Å². The van der Waals surface area contributed by atoms with E-state index >= 15 is 0 Å². The summed E-state index contributed by atoms with van der Waals surface area (Å²) in [7, 11) is 0. The Balaban J connectivity index is 2.20. The maximum atomic E-state index is 13.5. The first-order valence-electron chi connectivity index (χ1n) is 5.94. The first-order chi connectivity index (χ1) is 9.52. The maximum Gasteiger partial charge on any atom is 0.349 e. The third-order valence-corrected chi connectivity index (χ3v) is 3.96. The van der Waals surface area contributed by atoms with E-state index < -0.39 is 17.6 Å². The van der Waals surface area contributed by atoms with E-state index in [4.69, 9.17) is 9.84 Å². The summed E-state index contributed by atoms with van der Waals surface area (Å²) in [5.74, 6) is -2.84. The summed E-state index contributed by atoms with van der Waals surface area (Å²) in [5.41, 5.74) is 0.0468. The Morgan fingerprint density at radius 3 is 2.80 bits per heavy atom. The monoisotopic (exact) mass is 298 g/mol. The van der Waals surface area contributed by atoms with Crippen LogP contribution in [-0.2, 0) is 13.0 Å². The van der Waals surface area contributed by atoms with E-state index in [0.717, 1.165) is 22.3 Å². The summed E-state index contributed by atoms with van der Waals surface area (Å²) in [5, 5.41) is 9.07. The van der Waals surface area contributed by atoms with Crippen molar-refractivity contribution in [1.29, 1.82) is 0 Å². The molecule has 0 amide bonds. The lowest BCUT2D eigenvalue weighted by Gasteiger charge is -2.06. The molecule has 2 aromatic rings. The average molecular weight is 298 g/mol. The van der Waals surface area contributed by atoms with Gasteiger partial charge >= 0.3 is 5.97 Å². The molecule has 1 N–H and O–H groups in total. The van der Waals surface area contributed by atoms with Crippen LogP contribution in [0.25, 0.3) is 0 Å². The van der Waals surface area contributed by atoms with Crippen molar-refractivity contribution in [3.05, 3.63) is 51.2 Å². The first-order valence-corrected chi connectivity index (χ1v) is 6.76. The van der Waals surface area contributed by atoms with E-state index in [2.05, 4.69) is 0 Å². The van der Waals surface area contributed by atoms with E-state index in [0.29, 0.717) is 6.42 Å². The maximum absolute atomic E-state index is 13.5. The fraction of sp³-hybridized carbons (Fsp3) is 0.214. The highest BCUT2D eigenvalue weighted by Gasteiger charge is 2.17. The number of halogens is 2. The van der Waals surface area contributed by atoms with E-state index in [1.165, 1.54) is 12.1 Å². The quantitative estimate of drug-likeness (QED) is 0.911. The minimum absolute atomic E-state index is 0.0468. The van der Waals surface area contributed by atoms with Gasteiger partial charge in [-0.15, -0.1) is 11.3 Å². The summed E-state index contributed by atoms with van der Waals surface area (Å²) < 4.78 is 31.8. The van der Waals surface area contributed by atoms with Gasteiger partial charge in [-0.1, -0.05) is 19.1 Å². The van der Waals surface area contributed by atoms with Crippen LogP contribution in [0, 0.1) is 11.6 Å². The Morgan fingerprint density at radius 2 is 2.15 bits per heavy atom. The molecule has 0 aliphatic heterocycles. The zero-order valence-electron chi connectivity index (χ0n) is 10.7. The van der Waals surface area contributed by atoms with Crippen LogP contribution in [0.1, 0.15) is 27.0 Å². The van der Waals surface area contributed by atoms with Gasteiger partial charge in [0, 0.05) is 10.4 Å². The number of carboxylic acids is 1. The van der Waals surface area contributed by atoms with Crippen LogP contribution in [0.4, 0.5) is 8.78 Å². The predicted octanol–water partition coefficient (Wildman–Crippen LogP) is 3.87. The Hall–Kier alpha value is -1.95. The number of benzene rings is 1. The zero-order valence-corrected chi connectivity index (χ0v) is 11.5. The smallest absolute Gasteiger partial charge is 0.349 e. The standard InChI is InChI=1S/C14H12F2O3S/c1-2-9-6-11(13(20-9)14(17)18)19-7-8-4-3-5-10(15)12(8)16/h3-6H,2,7H2,1H3,(H,17,18). The average Bonchev–Trinajstić information content (AvgIpc) is 2.84. The minimum atomic E-state index is -1.09. The number of hydrogen-bond acceptors (Lipinski definition) is 3. The molecule has 0 spiro atoms. The summed E-state index contributed by atoms with van der Waals surface area (Å²) in [6.45, 7) is 1.68. The Bertz CT molecular complexity index is 637. The minimum Gasteiger partial charge on any atom is -0.487 e. The number of rotatable bonds is 5. The van der Waals surface area contributed by atoms with Crippen molar-refractivity contribution in [2.75, 3.05) is 0 Å². The number of ether oxygens (including phenoxy) is 1. The molecular formula is C14H12F2O3S. The normalized spacial score (nSPS) is 10.6.